The van der Waals surface area contributed by atoms with Crippen LogP contribution in [0.5, 0.6) is 11.5 Å². The van der Waals surface area contributed by atoms with Crippen molar-refractivity contribution in [2.45, 2.75) is 13.8 Å². The first-order valence-corrected chi connectivity index (χ1v) is 7.09. The van der Waals surface area contributed by atoms with Gasteiger partial charge in [0.2, 0.25) is 0 Å². The number of ether oxygens (including phenoxy) is 2. The van der Waals surface area contributed by atoms with E-state index >= 15 is 0 Å². The van der Waals surface area contributed by atoms with Crippen LogP contribution in [0.25, 0.3) is 0 Å². The minimum Gasteiger partial charge on any atom is -0.490 e. The molecule has 110 valence electrons. The summed E-state index contributed by atoms with van der Waals surface area (Å²) in [5.74, 6) is 0.847. The van der Waals surface area contributed by atoms with Crippen LogP contribution in [0, 0.1) is 0 Å². The van der Waals surface area contributed by atoms with Crippen LogP contribution < -0.4 is 9.47 Å². The van der Waals surface area contributed by atoms with E-state index in [1.807, 2.05) is 13.8 Å². The van der Waals surface area contributed by atoms with Gasteiger partial charge in [-0.1, -0.05) is 11.6 Å². The number of pyridine rings is 1. The second kappa shape index (κ2) is 7.09. The quantitative estimate of drug-likeness (QED) is 0.762. The first kappa shape index (κ1) is 15.3. The molecule has 2 aromatic rings. The van der Waals surface area contributed by atoms with Gasteiger partial charge >= 0.3 is 0 Å². The van der Waals surface area contributed by atoms with Crippen molar-refractivity contribution in [3.8, 4) is 11.5 Å². The zero-order valence-electron chi connectivity index (χ0n) is 11.9. The number of hydrogen-bond acceptors (Lipinski definition) is 4. The van der Waals surface area contributed by atoms with Crippen LogP contribution >= 0.6 is 11.6 Å². The van der Waals surface area contributed by atoms with Crippen LogP contribution in [-0.4, -0.2) is 24.0 Å². The molecule has 21 heavy (non-hydrogen) atoms. The molecule has 0 amide bonds. The maximum absolute atomic E-state index is 12.5. The predicted molar refractivity (Wildman–Crippen MR) is 81.5 cm³/mol. The summed E-state index contributed by atoms with van der Waals surface area (Å²) in [7, 11) is 0. The van der Waals surface area contributed by atoms with E-state index in [1.54, 1.807) is 30.5 Å². The lowest BCUT2D eigenvalue weighted by Crippen LogP contribution is -2.05. The molecule has 0 saturated carbocycles. The van der Waals surface area contributed by atoms with Crippen molar-refractivity contribution >= 4 is 17.4 Å². The van der Waals surface area contributed by atoms with Gasteiger partial charge in [-0.3, -0.25) is 9.78 Å². The smallest absolute Gasteiger partial charge is 0.196 e. The summed E-state index contributed by atoms with van der Waals surface area (Å²) in [6.07, 6.45) is 3.12. The van der Waals surface area contributed by atoms with Crippen molar-refractivity contribution in [1.82, 2.24) is 4.98 Å². The summed E-state index contributed by atoms with van der Waals surface area (Å²) in [6.45, 7) is 4.71. The summed E-state index contributed by atoms with van der Waals surface area (Å²) in [4.78, 5) is 16.4. The lowest BCUT2D eigenvalue weighted by Gasteiger charge is -2.13. The number of carbonyl (C=O) groups is 1. The summed E-state index contributed by atoms with van der Waals surface area (Å²) < 4.78 is 11.0. The number of ketones is 1. The van der Waals surface area contributed by atoms with Gasteiger partial charge in [-0.15, -0.1) is 0 Å². The monoisotopic (exact) mass is 305 g/mol. The van der Waals surface area contributed by atoms with Crippen LogP contribution in [0.4, 0.5) is 0 Å². The van der Waals surface area contributed by atoms with E-state index in [0.717, 1.165) is 0 Å². The SMILES string of the molecule is CCOc1cc(Cl)c(C(=O)c2cccnc2)cc1OCC. The van der Waals surface area contributed by atoms with Crippen molar-refractivity contribution in [3.63, 3.8) is 0 Å². The van der Waals surface area contributed by atoms with Crippen LogP contribution in [0.1, 0.15) is 29.8 Å². The summed E-state index contributed by atoms with van der Waals surface area (Å²) in [5.41, 5.74) is 0.850. The normalized spacial score (nSPS) is 10.2. The molecular weight excluding hydrogens is 290 g/mol. The standard InChI is InChI=1S/C16H16ClNO3/c1-3-20-14-8-12(13(17)9-15(14)21-4-2)16(19)11-6-5-7-18-10-11/h5-10H,3-4H2,1-2H3. The first-order chi connectivity index (χ1) is 10.2. The number of nitrogens with zero attached hydrogens (tertiary/aromatic N) is 1. The molecule has 0 aliphatic rings. The minimum atomic E-state index is -0.197. The molecule has 4 nitrogen and oxygen atoms in total. The highest BCUT2D eigenvalue weighted by molar-refractivity contribution is 6.35. The Hall–Kier alpha value is -2.07. The molecule has 0 spiro atoms. The highest BCUT2D eigenvalue weighted by Gasteiger charge is 2.17. The summed E-state index contributed by atoms with van der Waals surface area (Å²) in [5, 5.41) is 0.329. The molecule has 0 atom stereocenters. The van der Waals surface area contributed by atoms with Gasteiger partial charge in [-0.25, -0.2) is 0 Å². The average Bonchev–Trinajstić information content (AvgIpc) is 2.50. The van der Waals surface area contributed by atoms with Gasteiger partial charge < -0.3 is 9.47 Å². The zero-order valence-corrected chi connectivity index (χ0v) is 12.7. The van der Waals surface area contributed by atoms with E-state index in [-0.39, 0.29) is 5.78 Å². The van der Waals surface area contributed by atoms with E-state index < -0.39 is 0 Å². The third-order valence-electron chi connectivity index (χ3n) is 2.80. The molecular formula is C16H16ClNO3. The third-order valence-corrected chi connectivity index (χ3v) is 3.11. The molecule has 0 bridgehead atoms. The molecule has 0 aliphatic heterocycles. The molecule has 0 unspecified atom stereocenters. The van der Waals surface area contributed by atoms with E-state index in [1.165, 1.54) is 6.20 Å². The lowest BCUT2D eigenvalue weighted by atomic mass is 10.0. The Morgan fingerprint density at radius 1 is 1.19 bits per heavy atom. The van der Waals surface area contributed by atoms with Gasteiger partial charge in [0.25, 0.3) is 0 Å². The Balaban J connectivity index is 2.44. The Morgan fingerprint density at radius 3 is 2.43 bits per heavy atom. The fourth-order valence-electron chi connectivity index (χ4n) is 1.90. The van der Waals surface area contributed by atoms with Gasteiger partial charge in [0.05, 0.1) is 18.2 Å². The highest BCUT2D eigenvalue weighted by Crippen LogP contribution is 2.34. The van der Waals surface area contributed by atoms with E-state index in [9.17, 15) is 4.79 Å². The number of benzene rings is 1. The Morgan fingerprint density at radius 2 is 1.86 bits per heavy atom. The Bertz CT molecular complexity index is 629. The van der Waals surface area contributed by atoms with Crippen molar-refractivity contribution in [2.75, 3.05) is 13.2 Å². The number of carbonyl (C=O) groups excluding carboxylic acids is 1. The molecule has 1 aromatic heterocycles. The molecule has 5 heteroatoms. The second-order valence-electron chi connectivity index (χ2n) is 4.22. The summed E-state index contributed by atoms with van der Waals surface area (Å²) in [6, 6.07) is 6.63. The van der Waals surface area contributed by atoms with Crippen molar-refractivity contribution in [3.05, 3.63) is 52.8 Å². The van der Waals surface area contributed by atoms with Crippen LogP contribution in [-0.2, 0) is 0 Å². The molecule has 0 N–H and O–H groups in total. The van der Waals surface area contributed by atoms with Crippen molar-refractivity contribution < 1.29 is 14.3 Å². The number of halogens is 1. The summed E-state index contributed by atoms with van der Waals surface area (Å²) >= 11 is 6.21. The topological polar surface area (TPSA) is 48.4 Å². The fourth-order valence-corrected chi connectivity index (χ4v) is 2.14. The van der Waals surface area contributed by atoms with Gasteiger partial charge in [-0.05, 0) is 32.0 Å². The van der Waals surface area contributed by atoms with Crippen LogP contribution in [0.3, 0.4) is 0 Å². The largest absolute Gasteiger partial charge is 0.490 e. The Labute approximate surface area is 128 Å². The van der Waals surface area contributed by atoms with Crippen molar-refractivity contribution in [2.24, 2.45) is 0 Å². The van der Waals surface area contributed by atoms with Gasteiger partial charge in [0.1, 0.15) is 0 Å². The third kappa shape index (κ3) is 3.52. The van der Waals surface area contributed by atoms with Gasteiger partial charge in [0.15, 0.2) is 17.3 Å². The maximum Gasteiger partial charge on any atom is 0.196 e. The van der Waals surface area contributed by atoms with Crippen LogP contribution in [0.15, 0.2) is 36.7 Å². The first-order valence-electron chi connectivity index (χ1n) is 6.71. The minimum absolute atomic E-state index is 0.197. The molecule has 1 heterocycles. The maximum atomic E-state index is 12.5. The van der Waals surface area contributed by atoms with E-state index in [4.69, 9.17) is 21.1 Å². The van der Waals surface area contributed by atoms with Crippen molar-refractivity contribution in [1.29, 1.82) is 0 Å². The van der Waals surface area contributed by atoms with E-state index in [0.29, 0.717) is 40.9 Å². The van der Waals surface area contributed by atoms with Gasteiger partial charge in [0, 0.05) is 29.6 Å². The molecule has 0 fully saturated rings. The highest BCUT2D eigenvalue weighted by atomic mass is 35.5. The number of hydrogen-bond donors (Lipinski definition) is 0. The number of rotatable bonds is 6. The molecule has 1 aromatic carbocycles. The van der Waals surface area contributed by atoms with Gasteiger partial charge in [-0.2, -0.15) is 0 Å². The molecule has 2 rings (SSSR count). The second-order valence-corrected chi connectivity index (χ2v) is 4.62. The average molecular weight is 306 g/mol. The molecule has 0 aliphatic carbocycles. The molecule has 0 radical (unpaired) electrons. The van der Waals surface area contributed by atoms with Crippen LogP contribution in [0.2, 0.25) is 5.02 Å². The lowest BCUT2D eigenvalue weighted by molar-refractivity contribution is 0.103. The predicted octanol–water partition coefficient (Wildman–Crippen LogP) is 3.76. The molecule has 0 saturated heterocycles. The fraction of sp³-hybridized carbons (Fsp3) is 0.250. The van der Waals surface area contributed by atoms with E-state index in [2.05, 4.69) is 4.98 Å². The number of aromatic nitrogens is 1. The Kier molecular flexibility index (Phi) is 5.17. The zero-order chi connectivity index (χ0) is 15.2.